The molecule has 0 bridgehead atoms. The summed E-state index contributed by atoms with van der Waals surface area (Å²) in [7, 11) is 1.34. The van der Waals surface area contributed by atoms with Crippen molar-refractivity contribution >= 4 is 18.1 Å². The van der Waals surface area contributed by atoms with Crippen molar-refractivity contribution in [2.45, 2.75) is 25.8 Å². The molecule has 1 rings (SSSR count). The van der Waals surface area contributed by atoms with Crippen LogP contribution in [-0.4, -0.2) is 17.1 Å². The van der Waals surface area contributed by atoms with Crippen LogP contribution in [-0.2, 0) is 0 Å². The average Bonchev–Trinajstić information content (AvgIpc) is 2.29. The fraction of sp³-hybridized carbons (Fsp3) is 0.455. The van der Waals surface area contributed by atoms with Gasteiger partial charge < -0.3 is 15.6 Å². The predicted octanol–water partition coefficient (Wildman–Crippen LogP) is 2.53. The van der Waals surface area contributed by atoms with Crippen molar-refractivity contribution in [3.63, 3.8) is 0 Å². The molecule has 0 fully saturated rings. The number of nitro benzene ring substituents is 1. The molecule has 0 amide bonds. The molecule has 7 heteroatoms. The first-order chi connectivity index (χ1) is 8.01. The van der Waals surface area contributed by atoms with Crippen LogP contribution in [0.15, 0.2) is 12.1 Å². The first kappa shape index (κ1) is 16.5. The number of aromatic hydroxyl groups is 1. The van der Waals surface area contributed by atoms with Crippen LogP contribution in [0.1, 0.15) is 31.4 Å². The molecule has 18 heavy (non-hydrogen) atoms. The Labute approximate surface area is 111 Å². The predicted molar refractivity (Wildman–Crippen MR) is 70.4 cm³/mol. The molecule has 0 aliphatic rings. The Morgan fingerprint density at radius 2 is 2.17 bits per heavy atom. The van der Waals surface area contributed by atoms with Gasteiger partial charge in [0.2, 0.25) is 0 Å². The number of benzene rings is 1. The van der Waals surface area contributed by atoms with Gasteiger partial charge in [0.1, 0.15) is 0 Å². The molecule has 102 valence electrons. The van der Waals surface area contributed by atoms with Gasteiger partial charge in [-0.2, -0.15) is 0 Å². The maximum absolute atomic E-state index is 10.7. The highest BCUT2D eigenvalue weighted by Gasteiger charge is 2.20. The van der Waals surface area contributed by atoms with Gasteiger partial charge in [-0.1, -0.05) is 13.3 Å². The van der Waals surface area contributed by atoms with Gasteiger partial charge in [-0.25, -0.2) is 0 Å². The van der Waals surface area contributed by atoms with Gasteiger partial charge in [-0.3, -0.25) is 10.1 Å². The van der Waals surface area contributed by atoms with Gasteiger partial charge in [0.05, 0.1) is 18.1 Å². The number of ether oxygens (including phenoxy) is 1. The second-order valence-electron chi connectivity index (χ2n) is 3.74. The highest BCUT2D eigenvalue weighted by atomic mass is 35.5. The minimum Gasteiger partial charge on any atom is -0.504 e. The smallest absolute Gasteiger partial charge is 0.273 e. The van der Waals surface area contributed by atoms with E-state index in [1.807, 2.05) is 6.92 Å². The fourth-order valence-corrected chi connectivity index (χ4v) is 1.62. The lowest BCUT2D eigenvalue weighted by molar-refractivity contribution is -0.385. The van der Waals surface area contributed by atoms with Gasteiger partial charge in [-0.15, -0.1) is 12.4 Å². The Morgan fingerprint density at radius 1 is 1.56 bits per heavy atom. The zero-order chi connectivity index (χ0) is 13.0. The van der Waals surface area contributed by atoms with E-state index < -0.39 is 11.0 Å². The molecule has 0 aliphatic heterocycles. The third-order valence-corrected chi connectivity index (χ3v) is 2.52. The summed E-state index contributed by atoms with van der Waals surface area (Å²) in [6.07, 6.45) is 1.46. The van der Waals surface area contributed by atoms with Gasteiger partial charge in [0.25, 0.3) is 5.69 Å². The topological polar surface area (TPSA) is 98.6 Å². The minimum absolute atomic E-state index is 0. The number of halogens is 1. The number of nitrogens with zero attached hydrogens (tertiary/aromatic N) is 1. The normalized spacial score (nSPS) is 11.5. The highest BCUT2D eigenvalue weighted by molar-refractivity contribution is 5.85. The zero-order valence-corrected chi connectivity index (χ0v) is 11.1. The molecule has 0 saturated carbocycles. The zero-order valence-electron chi connectivity index (χ0n) is 10.3. The molecule has 0 aliphatic carbocycles. The molecule has 0 radical (unpaired) electrons. The van der Waals surface area contributed by atoms with Crippen molar-refractivity contribution in [3.05, 3.63) is 27.8 Å². The van der Waals surface area contributed by atoms with Crippen molar-refractivity contribution in [2.24, 2.45) is 5.73 Å². The Kier molecular flexibility index (Phi) is 6.43. The molecule has 0 unspecified atom stereocenters. The van der Waals surface area contributed by atoms with Crippen molar-refractivity contribution in [1.82, 2.24) is 0 Å². The van der Waals surface area contributed by atoms with Crippen LogP contribution in [0.3, 0.4) is 0 Å². The number of methoxy groups -OCH3 is 1. The van der Waals surface area contributed by atoms with E-state index in [0.717, 1.165) is 6.42 Å². The van der Waals surface area contributed by atoms with Gasteiger partial charge >= 0.3 is 0 Å². The number of nitro groups is 1. The quantitative estimate of drug-likeness (QED) is 0.636. The Morgan fingerprint density at radius 3 is 2.61 bits per heavy atom. The fourth-order valence-electron chi connectivity index (χ4n) is 1.62. The molecule has 1 atom stereocenters. The monoisotopic (exact) mass is 276 g/mol. The van der Waals surface area contributed by atoms with Crippen LogP contribution in [0, 0.1) is 10.1 Å². The van der Waals surface area contributed by atoms with Crippen LogP contribution in [0.25, 0.3) is 0 Å². The number of hydrogen-bond acceptors (Lipinski definition) is 5. The van der Waals surface area contributed by atoms with E-state index in [1.165, 1.54) is 19.2 Å². The van der Waals surface area contributed by atoms with E-state index in [0.29, 0.717) is 12.0 Å². The van der Waals surface area contributed by atoms with Crippen LogP contribution >= 0.6 is 12.4 Å². The first-order valence-corrected chi connectivity index (χ1v) is 5.32. The van der Waals surface area contributed by atoms with Crippen molar-refractivity contribution in [1.29, 1.82) is 0 Å². The lowest BCUT2D eigenvalue weighted by atomic mass is 10.0. The molecule has 0 heterocycles. The van der Waals surface area contributed by atoms with Crippen molar-refractivity contribution < 1.29 is 14.8 Å². The third kappa shape index (κ3) is 3.48. The SMILES string of the molecule is CCC[C@@H](N)c1cc([N+](=O)[O-])cc(OC)c1O.Cl. The first-order valence-electron chi connectivity index (χ1n) is 5.32. The second kappa shape index (κ2) is 7.03. The maximum atomic E-state index is 10.7. The van der Waals surface area contributed by atoms with E-state index in [9.17, 15) is 15.2 Å². The summed E-state index contributed by atoms with van der Waals surface area (Å²) in [6, 6.07) is 2.03. The molecule has 0 aromatic heterocycles. The number of non-ortho nitro benzene ring substituents is 1. The van der Waals surface area contributed by atoms with Gasteiger partial charge in [0.15, 0.2) is 11.5 Å². The largest absolute Gasteiger partial charge is 0.504 e. The summed E-state index contributed by atoms with van der Waals surface area (Å²) >= 11 is 0. The molecule has 6 nitrogen and oxygen atoms in total. The number of phenolic OH excluding ortho intramolecular Hbond substituents is 1. The van der Waals surface area contributed by atoms with Crippen molar-refractivity contribution in [3.8, 4) is 11.5 Å². The van der Waals surface area contributed by atoms with E-state index in [-0.39, 0.29) is 29.6 Å². The van der Waals surface area contributed by atoms with E-state index in [1.54, 1.807) is 0 Å². The molecular formula is C11H17ClN2O4. The molecule has 0 spiro atoms. The number of hydrogen-bond donors (Lipinski definition) is 2. The second-order valence-corrected chi connectivity index (χ2v) is 3.74. The maximum Gasteiger partial charge on any atom is 0.273 e. The van der Waals surface area contributed by atoms with Crippen LogP contribution < -0.4 is 10.5 Å². The Hall–Kier alpha value is -1.53. The van der Waals surface area contributed by atoms with E-state index in [4.69, 9.17) is 10.5 Å². The summed E-state index contributed by atoms with van der Waals surface area (Å²) < 4.78 is 4.89. The molecule has 3 N–H and O–H groups in total. The summed E-state index contributed by atoms with van der Waals surface area (Å²) in [5.74, 6) is -0.0557. The molecular weight excluding hydrogens is 260 g/mol. The third-order valence-electron chi connectivity index (χ3n) is 2.52. The summed E-state index contributed by atoms with van der Waals surface area (Å²) in [5.41, 5.74) is 6.07. The summed E-state index contributed by atoms with van der Waals surface area (Å²) in [4.78, 5) is 10.2. The minimum atomic E-state index is -0.538. The highest BCUT2D eigenvalue weighted by Crippen LogP contribution is 2.38. The van der Waals surface area contributed by atoms with E-state index >= 15 is 0 Å². The molecule has 0 saturated heterocycles. The van der Waals surface area contributed by atoms with Crippen LogP contribution in [0.5, 0.6) is 11.5 Å². The Bertz CT molecular complexity index is 426. The summed E-state index contributed by atoms with van der Waals surface area (Å²) in [6.45, 7) is 1.95. The standard InChI is InChI=1S/C11H16N2O4.ClH/c1-3-4-9(12)8-5-7(13(15)16)6-10(17-2)11(8)14;/h5-6,9,14H,3-4,12H2,1-2H3;1H/t9-;/m1./s1. The van der Waals surface area contributed by atoms with Gasteiger partial charge in [0, 0.05) is 17.7 Å². The van der Waals surface area contributed by atoms with E-state index in [2.05, 4.69) is 0 Å². The number of nitrogens with two attached hydrogens (primary N) is 1. The van der Waals surface area contributed by atoms with Crippen molar-refractivity contribution in [2.75, 3.05) is 7.11 Å². The molecule has 1 aromatic carbocycles. The Balaban J connectivity index is 0.00000289. The van der Waals surface area contributed by atoms with Gasteiger partial charge in [-0.05, 0) is 6.42 Å². The molecule has 1 aromatic rings. The lowest BCUT2D eigenvalue weighted by Crippen LogP contribution is -2.10. The average molecular weight is 277 g/mol. The summed E-state index contributed by atoms with van der Waals surface area (Å²) in [5, 5.41) is 20.6. The lowest BCUT2D eigenvalue weighted by Gasteiger charge is -2.14. The number of rotatable bonds is 5. The number of phenols is 1. The van der Waals surface area contributed by atoms with Crippen LogP contribution in [0.2, 0.25) is 0 Å². The van der Waals surface area contributed by atoms with Crippen LogP contribution in [0.4, 0.5) is 5.69 Å².